The van der Waals surface area contributed by atoms with Crippen molar-refractivity contribution in [3.63, 3.8) is 0 Å². The highest BCUT2D eigenvalue weighted by Crippen LogP contribution is 2.28. The molecule has 1 aliphatic rings. The molecule has 2 rings (SSSR count). The number of pyridine rings is 1. The third-order valence-electron chi connectivity index (χ3n) is 2.42. The molecule has 0 aromatic carbocycles. The van der Waals surface area contributed by atoms with Crippen LogP contribution in [0, 0.1) is 0 Å². The van der Waals surface area contributed by atoms with Gasteiger partial charge in [0.05, 0.1) is 11.7 Å². The van der Waals surface area contributed by atoms with E-state index in [1.807, 2.05) is 12.1 Å². The fraction of sp³-hybridized carbons (Fsp3) is 0.500. The van der Waals surface area contributed by atoms with Gasteiger partial charge < -0.3 is 0 Å². The molecule has 1 heterocycles. The minimum Gasteiger partial charge on any atom is -0.292 e. The zero-order chi connectivity index (χ0) is 11.6. The number of hydrogen-bond donors (Lipinski definition) is 1. The van der Waals surface area contributed by atoms with E-state index < -0.39 is 12.8 Å². The molecule has 1 N–H and O–H groups in total. The summed E-state index contributed by atoms with van der Waals surface area (Å²) in [5.74, 6) is 0. The maximum absolute atomic E-state index is 11.8. The van der Waals surface area contributed by atoms with Crippen LogP contribution < -0.4 is 5.48 Å². The third kappa shape index (κ3) is 2.70. The number of nitrogens with zero attached hydrogens (tertiary/aromatic N) is 1. The lowest BCUT2D eigenvalue weighted by Crippen LogP contribution is -2.27. The molecule has 1 aromatic rings. The van der Waals surface area contributed by atoms with Crippen molar-refractivity contribution in [2.45, 2.75) is 25.1 Å². The number of fused-ring (bicyclic) bond motifs is 1. The van der Waals surface area contributed by atoms with Gasteiger partial charge in [0.15, 0.2) is 6.61 Å². The van der Waals surface area contributed by atoms with E-state index in [1.165, 1.54) is 0 Å². The van der Waals surface area contributed by atoms with Gasteiger partial charge in [-0.25, -0.2) is 0 Å². The van der Waals surface area contributed by atoms with Gasteiger partial charge in [-0.05, 0) is 24.5 Å². The van der Waals surface area contributed by atoms with Gasteiger partial charge in [0, 0.05) is 6.20 Å². The summed E-state index contributed by atoms with van der Waals surface area (Å²) < 4.78 is 35.5. The maximum atomic E-state index is 11.8. The molecule has 0 bridgehead atoms. The molecule has 0 saturated heterocycles. The van der Waals surface area contributed by atoms with Crippen LogP contribution in [-0.4, -0.2) is 17.8 Å². The Hall–Kier alpha value is -1.14. The van der Waals surface area contributed by atoms with E-state index in [2.05, 4.69) is 15.3 Å². The van der Waals surface area contributed by atoms with Crippen molar-refractivity contribution in [2.24, 2.45) is 0 Å². The number of rotatable bonds is 3. The summed E-state index contributed by atoms with van der Waals surface area (Å²) in [4.78, 5) is 8.56. The first-order chi connectivity index (χ1) is 7.56. The summed E-state index contributed by atoms with van der Waals surface area (Å²) >= 11 is 0. The Bertz CT molecular complexity index is 367. The minimum atomic E-state index is -4.31. The first-order valence-electron chi connectivity index (χ1n) is 4.94. The Morgan fingerprint density at radius 1 is 1.50 bits per heavy atom. The van der Waals surface area contributed by atoms with E-state index in [0.717, 1.165) is 17.7 Å². The predicted molar refractivity (Wildman–Crippen MR) is 50.4 cm³/mol. The Balaban J connectivity index is 1.89. The van der Waals surface area contributed by atoms with Gasteiger partial charge in [-0.2, -0.15) is 18.7 Å². The van der Waals surface area contributed by atoms with E-state index in [4.69, 9.17) is 0 Å². The SMILES string of the molecule is FC(F)(F)CONC1CCc2cccnc21. The van der Waals surface area contributed by atoms with Crippen molar-refractivity contribution in [1.82, 2.24) is 10.5 Å². The maximum Gasteiger partial charge on any atom is 0.413 e. The first-order valence-corrected chi connectivity index (χ1v) is 4.94. The Labute approximate surface area is 90.6 Å². The van der Waals surface area contributed by atoms with E-state index in [-0.39, 0.29) is 6.04 Å². The second-order valence-corrected chi connectivity index (χ2v) is 3.66. The summed E-state index contributed by atoms with van der Waals surface area (Å²) in [5, 5.41) is 0. The highest BCUT2D eigenvalue weighted by atomic mass is 19.4. The fourth-order valence-electron chi connectivity index (χ4n) is 1.75. The molecule has 0 radical (unpaired) electrons. The lowest BCUT2D eigenvalue weighted by molar-refractivity contribution is -0.193. The second-order valence-electron chi connectivity index (χ2n) is 3.66. The van der Waals surface area contributed by atoms with Crippen LogP contribution in [0.2, 0.25) is 0 Å². The smallest absolute Gasteiger partial charge is 0.292 e. The Morgan fingerprint density at radius 3 is 3.06 bits per heavy atom. The highest BCUT2D eigenvalue weighted by molar-refractivity contribution is 5.27. The van der Waals surface area contributed by atoms with Crippen LogP contribution in [0.4, 0.5) is 13.2 Å². The largest absolute Gasteiger partial charge is 0.413 e. The number of aryl methyl sites for hydroxylation is 1. The molecule has 0 saturated carbocycles. The summed E-state index contributed by atoms with van der Waals surface area (Å²) in [6.07, 6.45) is -1.15. The summed E-state index contributed by atoms with van der Waals surface area (Å²) in [5.41, 5.74) is 4.26. The molecule has 88 valence electrons. The quantitative estimate of drug-likeness (QED) is 0.811. The number of hydrogen-bond acceptors (Lipinski definition) is 3. The van der Waals surface area contributed by atoms with Crippen LogP contribution >= 0.6 is 0 Å². The van der Waals surface area contributed by atoms with Gasteiger partial charge in [0.1, 0.15) is 0 Å². The van der Waals surface area contributed by atoms with Crippen molar-refractivity contribution in [3.8, 4) is 0 Å². The first kappa shape index (κ1) is 11.3. The minimum absolute atomic E-state index is 0.237. The lowest BCUT2D eigenvalue weighted by atomic mass is 10.2. The van der Waals surface area contributed by atoms with E-state index in [0.29, 0.717) is 6.42 Å². The monoisotopic (exact) mass is 232 g/mol. The number of halogens is 3. The van der Waals surface area contributed by atoms with Crippen molar-refractivity contribution >= 4 is 0 Å². The van der Waals surface area contributed by atoms with Crippen molar-refractivity contribution < 1.29 is 18.0 Å². The van der Waals surface area contributed by atoms with Crippen LogP contribution in [0.1, 0.15) is 23.7 Å². The predicted octanol–water partition coefficient (Wildman–Crippen LogP) is 2.15. The molecule has 6 heteroatoms. The van der Waals surface area contributed by atoms with Crippen molar-refractivity contribution in [1.29, 1.82) is 0 Å². The summed E-state index contributed by atoms with van der Waals surface area (Å²) in [7, 11) is 0. The lowest BCUT2D eigenvalue weighted by Gasteiger charge is -2.14. The zero-order valence-corrected chi connectivity index (χ0v) is 8.42. The zero-order valence-electron chi connectivity index (χ0n) is 8.42. The molecular formula is C10H11F3N2O. The third-order valence-corrected chi connectivity index (χ3v) is 2.42. The van der Waals surface area contributed by atoms with Crippen LogP contribution in [0.3, 0.4) is 0 Å². The Morgan fingerprint density at radius 2 is 2.31 bits per heavy atom. The normalized spacial score (nSPS) is 19.8. The highest BCUT2D eigenvalue weighted by Gasteiger charge is 2.29. The number of alkyl halides is 3. The average molecular weight is 232 g/mol. The van der Waals surface area contributed by atoms with Gasteiger partial charge in [0.25, 0.3) is 0 Å². The van der Waals surface area contributed by atoms with Crippen molar-refractivity contribution in [3.05, 3.63) is 29.6 Å². The van der Waals surface area contributed by atoms with Gasteiger partial charge >= 0.3 is 6.18 Å². The molecule has 0 fully saturated rings. The summed E-state index contributed by atoms with van der Waals surface area (Å²) in [6.45, 7) is -1.29. The molecule has 1 unspecified atom stereocenters. The van der Waals surface area contributed by atoms with Crippen LogP contribution in [0.25, 0.3) is 0 Å². The molecule has 3 nitrogen and oxygen atoms in total. The molecular weight excluding hydrogens is 221 g/mol. The van der Waals surface area contributed by atoms with Crippen LogP contribution in [0.15, 0.2) is 18.3 Å². The molecule has 1 atom stereocenters. The molecule has 0 aliphatic heterocycles. The standard InChI is InChI=1S/C10H11F3N2O/c11-10(12,13)6-16-15-8-4-3-7-2-1-5-14-9(7)8/h1-2,5,8,15H,3-4,6H2. The van der Waals surface area contributed by atoms with E-state index in [1.54, 1.807) is 6.20 Å². The molecule has 0 spiro atoms. The molecule has 1 aliphatic carbocycles. The van der Waals surface area contributed by atoms with Crippen molar-refractivity contribution in [2.75, 3.05) is 6.61 Å². The van der Waals surface area contributed by atoms with Crippen LogP contribution in [-0.2, 0) is 11.3 Å². The number of hydroxylamine groups is 1. The molecule has 16 heavy (non-hydrogen) atoms. The second kappa shape index (κ2) is 4.39. The topological polar surface area (TPSA) is 34.1 Å². The Kier molecular flexibility index (Phi) is 3.11. The van der Waals surface area contributed by atoms with Gasteiger partial charge in [-0.15, -0.1) is 0 Å². The molecule has 0 amide bonds. The summed E-state index contributed by atoms with van der Waals surface area (Å²) in [6, 6.07) is 3.50. The van der Waals surface area contributed by atoms with Gasteiger partial charge in [0.2, 0.25) is 0 Å². The fourth-order valence-corrected chi connectivity index (χ4v) is 1.75. The number of nitrogens with one attached hydrogen (secondary N) is 1. The van der Waals surface area contributed by atoms with Gasteiger partial charge in [-0.1, -0.05) is 6.07 Å². The van der Waals surface area contributed by atoms with E-state index in [9.17, 15) is 13.2 Å². The van der Waals surface area contributed by atoms with E-state index >= 15 is 0 Å². The average Bonchev–Trinajstić information content (AvgIpc) is 2.60. The van der Waals surface area contributed by atoms with Crippen LogP contribution in [0.5, 0.6) is 0 Å². The number of aromatic nitrogens is 1. The van der Waals surface area contributed by atoms with Gasteiger partial charge in [-0.3, -0.25) is 9.82 Å². The molecule has 1 aromatic heterocycles.